The minimum absolute atomic E-state index is 0.200. The zero-order valence-corrected chi connectivity index (χ0v) is 14.2. The van der Waals surface area contributed by atoms with Gasteiger partial charge in [-0.2, -0.15) is 0 Å². The monoisotopic (exact) mass is 287 g/mol. The summed E-state index contributed by atoms with van der Waals surface area (Å²) in [7, 11) is 0. The van der Waals surface area contributed by atoms with Gasteiger partial charge in [0.05, 0.1) is 0 Å². The van der Waals surface area contributed by atoms with Crippen LogP contribution in [-0.4, -0.2) is 12.6 Å². The van der Waals surface area contributed by atoms with E-state index in [0.29, 0.717) is 6.04 Å². The minimum Gasteiger partial charge on any atom is -0.313 e. The average Bonchev–Trinajstić information content (AvgIpc) is 2.77. The van der Waals surface area contributed by atoms with E-state index in [0.717, 1.165) is 12.5 Å². The zero-order chi connectivity index (χ0) is 15.1. The summed E-state index contributed by atoms with van der Waals surface area (Å²) in [6.07, 6.45) is 9.72. The fraction of sp³-hybridized carbons (Fsp3) is 0.700. The van der Waals surface area contributed by atoms with Gasteiger partial charge in [-0.1, -0.05) is 76.8 Å². The molecule has 0 amide bonds. The smallest absolute Gasteiger partial charge is 0.0187 e. The van der Waals surface area contributed by atoms with E-state index in [9.17, 15) is 0 Å². The first-order chi connectivity index (χ1) is 10.2. The van der Waals surface area contributed by atoms with E-state index in [1.807, 2.05) is 0 Å². The van der Waals surface area contributed by atoms with E-state index in [-0.39, 0.29) is 5.41 Å². The summed E-state index contributed by atoms with van der Waals surface area (Å²) in [5, 5.41) is 3.91. The molecule has 1 saturated carbocycles. The molecule has 0 radical (unpaired) electrons. The Morgan fingerprint density at radius 1 is 1.05 bits per heavy atom. The van der Waals surface area contributed by atoms with Gasteiger partial charge in [-0.05, 0) is 37.3 Å². The fourth-order valence-corrected chi connectivity index (χ4v) is 4.00. The summed E-state index contributed by atoms with van der Waals surface area (Å²) in [6.45, 7) is 8.27. The highest BCUT2D eigenvalue weighted by molar-refractivity contribution is 5.26. The lowest BCUT2D eigenvalue weighted by Crippen LogP contribution is -2.50. The number of nitrogens with one attached hydrogen (secondary N) is 1. The second kappa shape index (κ2) is 7.98. The van der Waals surface area contributed by atoms with Gasteiger partial charge in [0.25, 0.3) is 0 Å². The molecule has 1 fully saturated rings. The maximum absolute atomic E-state index is 3.91. The summed E-state index contributed by atoms with van der Waals surface area (Å²) < 4.78 is 0. The van der Waals surface area contributed by atoms with E-state index in [1.165, 1.54) is 50.5 Å². The Hall–Kier alpha value is -0.820. The van der Waals surface area contributed by atoms with Gasteiger partial charge < -0.3 is 5.32 Å². The van der Waals surface area contributed by atoms with Crippen molar-refractivity contribution in [2.75, 3.05) is 6.54 Å². The van der Waals surface area contributed by atoms with Crippen LogP contribution in [0.2, 0.25) is 0 Å². The molecular formula is C20H33N. The van der Waals surface area contributed by atoms with Gasteiger partial charge in [0.2, 0.25) is 0 Å². The molecule has 118 valence electrons. The van der Waals surface area contributed by atoms with Gasteiger partial charge in [0.15, 0.2) is 0 Å². The lowest BCUT2D eigenvalue weighted by Gasteiger charge is -2.41. The van der Waals surface area contributed by atoms with Crippen molar-refractivity contribution in [3.8, 4) is 0 Å². The molecular weight excluding hydrogens is 254 g/mol. The van der Waals surface area contributed by atoms with E-state index >= 15 is 0 Å². The van der Waals surface area contributed by atoms with Crippen LogP contribution < -0.4 is 5.32 Å². The molecule has 1 aromatic carbocycles. The molecule has 0 saturated heterocycles. The highest BCUT2D eigenvalue weighted by Crippen LogP contribution is 2.36. The molecule has 0 spiro atoms. The minimum atomic E-state index is 0.200. The first-order valence-corrected chi connectivity index (χ1v) is 8.95. The first kappa shape index (κ1) is 16.5. The Morgan fingerprint density at radius 2 is 1.67 bits per heavy atom. The van der Waals surface area contributed by atoms with Crippen LogP contribution in [0.25, 0.3) is 0 Å². The van der Waals surface area contributed by atoms with Gasteiger partial charge in [-0.25, -0.2) is 0 Å². The van der Waals surface area contributed by atoms with Crippen molar-refractivity contribution in [2.45, 2.75) is 77.2 Å². The Labute approximate surface area is 131 Å². The van der Waals surface area contributed by atoms with Crippen LogP contribution in [0.4, 0.5) is 0 Å². The molecule has 1 atom stereocenters. The third-order valence-electron chi connectivity index (χ3n) is 5.28. The lowest BCUT2D eigenvalue weighted by atomic mass is 9.70. The summed E-state index contributed by atoms with van der Waals surface area (Å²) in [5.74, 6) is 0.828. The van der Waals surface area contributed by atoms with E-state index in [2.05, 4.69) is 56.4 Å². The number of benzene rings is 1. The van der Waals surface area contributed by atoms with Crippen molar-refractivity contribution in [3.63, 3.8) is 0 Å². The van der Waals surface area contributed by atoms with Crippen molar-refractivity contribution in [2.24, 2.45) is 5.92 Å². The van der Waals surface area contributed by atoms with Crippen LogP contribution in [0.5, 0.6) is 0 Å². The third kappa shape index (κ3) is 4.32. The van der Waals surface area contributed by atoms with Crippen LogP contribution in [0.1, 0.15) is 71.3 Å². The molecule has 1 nitrogen and oxygen atoms in total. The maximum atomic E-state index is 3.91. The third-order valence-corrected chi connectivity index (χ3v) is 5.28. The molecule has 1 heteroatoms. The van der Waals surface area contributed by atoms with Crippen LogP contribution in [0.3, 0.4) is 0 Å². The van der Waals surface area contributed by atoms with Crippen molar-refractivity contribution in [1.29, 1.82) is 0 Å². The van der Waals surface area contributed by atoms with E-state index in [4.69, 9.17) is 0 Å². The zero-order valence-electron chi connectivity index (χ0n) is 14.2. The Kier molecular flexibility index (Phi) is 6.29. The topological polar surface area (TPSA) is 12.0 Å². The fourth-order valence-electron chi connectivity index (χ4n) is 4.00. The summed E-state index contributed by atoms with van der Waals surface area (Å²) >= 11 is 0. The van der Waals surface area contributed by atoms with Gasteiger partial charge in [-0.3, -0.25) is 0 Å². The quantitative estimate of drug-likeness (QED) is 0.700. The molecule has 0 aliphatic heterocycles. The van der Waals surface area contributed by atoms with Crippen LogP contribution >= 0.6 is 0 Å². The van der Waals surface area contributed by atoms with E-state index in [1.54, 1.807) is 0 Å². The second-order valence-corrected chi connectivity index (χ2v) is 7.27. The summed E-state index contributed by atoms with van der Waals surface area (Å²) in [4.78, 5) is 0. The largest absolute Gasteiger partial charge is 0.313 e. The van der Waals surface area contributed by atoms with Gasteiger partial charge in [0, 0.05) is 11.5 Å². The van der Waals surface area contributed by atoms with Gasteiger partial charge in [-0.15, -0.1) is 0 Å². The highest BCUT2D eigenvalue weighted by atomic mass is 14.9. The van der Waals surface area contributed by atoms with E-state index < -0.39 is 0 Å². The number of rotatable bonds is 6. The number of hydrogen-bond donors (Lipinski definition) is 1. The molecule has 0 bridgehead atoms. The summed E-state index contributed by atoms with van der Waals surface area (Å²) in [6, 6.07) is 11.7. The molecule has 1 aliphatic carbocycles. The molecule has 21 heavy (non-hydrogen) atoms. The SMILES string of the molecule is CCCNC(C1CCCCCC1)C(C)(C)c1ccccc1. The average molecular weight is 287 g/mol. The Balaban J connectivity index is 2.20. The summed E-state index contributed by atoms with van der Waals surface area (Å²) in [5.41, 5.74) is 1.67. The first-order valence-electron chi connectivity index (χ1n) is 8.95. The van der Waals surface area contributed by atoms with Gasteiger partial charge >= 0.3 is 0 Å². The van der Waals surface area contributed by atoms with Crippen LogP contribution in [0, 0.1) is 5.92 Å². The highest BCUT2D eigenvalue weighted by Gasteiger charge is 2.36. The predicted octanol–water partition coefficient (Wildman–Crippen LogP) is 5.30. The standard InChI is InChI=1S/C20H33N/c1-4-16-21-19(17-12-8-5-6-9-13-17)20(2,3)18-14-10-7-11-15-18/h7,10-11,14-15,17,19,21H,4-6,8-9,12-13,16H2,1-3H3. The van der Waals surface area contributed by atoms with Crippen molar-refractivity contribution >= 4 is 0 Å². The molecule has 0 aromatic heterocycles. The molecule has 1 aromatic rings. The predicted molar refractivity (Wildman–Crippen MR) is 92.7 cm³/mol. The maximum Gasteiger partial charge on any atom is 0.0187 e. The molecule has 1 N–H and O–H groups in total. The molecule has 1 aliphatic rings. The molecule has 0 heterocycles. The Morgan fingerprint density at radius 3 is 2.24 bits per heavy atom. The van der Waals surface area contributed by atoms with Gasteiger partial charge in [0.1, 0.15) is 0 Å². The second-order valence-electron chi connectivity index (χ2n) is 7.27. The number of hydrogen-bond acceptors (Lipinski definition) is 1. The molecule has 2 rings (SSSR count). The van der Waals surface area contributed by atoms with Crippen molar-refractivity contribution in [3.05, 3.63) is 35.9 Å². The lowest BCUT2D eigenvalue weighted by molar-refractivity contribution is 0.225. The Bertz CT molecular complexity index is 388. The normalized spacial score (nSPS) is 19.2. The van der Waals surface area contributed by atoms with Crippen LogP contribution in [0.15, 0.2) is 30.3 Å². The van der Waals surface area contributed by atoms with Crippen molar-refractivity contribution in [1.82, 2.24) is 5.32 Å². The van der Waals surface area contributed by atoms with Crippen LogP contribution in [-0.2, 0) is 5.41 Å². The van der Waals surface area contributed by atoms with Crippen molar-refractivity contribution < 1.29 is 0 Å². The molecule has 1 unspecified atom stereocenters.